The van der Waals surface area contributed by atoms with E-state index in [-0.39, 0.29) is 11.4 Å². The first-order valence-corrected chi connectivity index (χ1v) is 5.33. The van der Waals surface area contributed by atoms with E-state index >= 15 is 0 Å². The third-order valence-electron chi connectivity index (χ3n) is 2.72. The molecule has 0 atom stereocenters. The van der Waals surface area contributed by atoms with E-state index in [1.165, 1.54) is 6.07 Å². The van der Waals surface area contributed by atoms with Gasteiger partial charge in [-0.05, 0) is 32.4 Å². The molecule has 1 aromatic carbocycles. The molecule has 0 aliphatic rings. The number of benzene rings is 1. The Hall–Kier alpha value is -1.97. The molecule has 2 aromatic rings. The fourth-order valence-electron chi connectivity index (χ4n) is 1.67. The van der Waals surface area contributed by atoms with Crippen LogP contribution in [0.3, 0.4) is 0 Å². The number of aromatic amines is 1. The third-order valence-corrected chi connectivity index (χ3v) is 2.72. The molecule has 0 spiro atoms. The summed E-state index contributed by atoms with van der Waals surface area (Å²) in [5, 5.41) is 0. The lowest BCUT2D eigenvalue weighted by Crippen LogP contribution is -2.14. The highest BCUT2D eigenvalue weighted by Gasteiger charge is 2.09. The van der Waals surface area contributed by atoms with Gasteiger partial charge in [-0.3, -0.25) is 4.79 Å². The Labute approximate surface area is 98.3 Å². The molecule has 3 nitrogen and oxygen atoms in total. The average molecular weight is 232 g/mol. The molecule has 0 saturated heterocycles. The SMILES string of the molecule is Cc1nc(-c2ccc(C)c(F)c2)c(C)c(=O)[nH]1. The van der Waals surface area contributed by atoms with Crippen LogP contribution in [0.25, 0.3) is 11.3 Å². The Morgan fingerprint density at radius 2 is 1.94 bits per heavy atom. The predicted octanol–water partition coefficient (Wildman–Crippen LogP) is 2.50. The van der Waals surface area contributed by atoms with Gasteiger partial charge in [-0.2, -0.15) is 0 Å². The Balaban J connectivity index is 2.68. The van der Waals surface area contributed by atoms with Crippen molar-refractivity contribution in [3.05, 3.63) is 51.3 Å². The van der Waals surface area contributed by atoms with Crippen molar-refractivity contribution in [2.45, 2.75) is 20.8 Å². The van der Waals surface area contributed by atoms with Gasteiger partial charge >= 0.3 is 0 Å². The van der Waals surface area contributed by atoms with E-state index in [0.29, 0.717) is 28.2 Å². The summed E-state index contributed by atoms with van der Waals surface area (Å²) in [4.78, 5) is 18.5. The number of nitrogens with zero attached hydrogens (tertiary/aromatic N) is 1. The summed E-state index contributed by atoms with van der Waals surface area (Å²) in [7, 11) is 0. The van der Waals surface area contributed by atoms with Gasteiger partial charge in [-0.1, -0.05) is 12.1 Å². The van der Waals surface area contributed by atoms with Crippen molar-refractivity contribution >= 4 is 0 Å². The molecule has 0 bridgehead atoms. The van der Waals surface area contributed by atoms with E-state index in [1.807, 2.05) is 0 Å². The molecule has 1 heterocycles. The number of hydrogen-bond acceptors (Lipinski definition) is 2. The summed E-state index contributed by atoms with van der Waals surface area (Å²) >= 11 is 0. The quantitative estimate of drug-likeness (QED) is 0.821. The van der Waals surface area contributed by atoms with Gasteiger partial charge in [0.1, 0.15) is 11.6 Å². The highest BCUT2D eigenvalue weighted by atomic mass is 19.1. The number of aryl methyl sites for hydroxylation is 2. The van der Waals surface area contributed by atoms with E-state index in [1.54, 1.807) is 32.9 Å². The van der Waals surface area contributed by atoms with E-state index in [0.717, 1.165) is 0 Å². The molecule has 17 heavy (non-hydrogen) atoms. The zero-order valence-corrected chi connectivity index (χ0v) is 9.97. The lowest BCUT2D eigenvalue weighted by atomic mass is 10.1. The van der Waals surface area contributed by atoms with Crippen molar-refractivity contribution in [3.63, 3.8) is 0 Å². The highest BCUT2D eigenvalue weighted by Crippen LogP contribution is 2.21. The zero-order chi connectivity index (χ0) is 12.6. The molecule has 88 valence electrons. The first kappa shape index (κ1) is 11.5. The van der Waals surface area contributed by atoms with Gasteiger partial charge in [0.15, 0.2) is 0 Å². The van der Waals surface area contributed by atoms with Crippen LogP contribution in [-0.4, -0.2) is 9.97 Å². The predicted molar refractivity (Wildman–Crippen MR) is 64.5 cm³/mol. The van der Waals surface area contributed by atoms with Gasteiger partial charge in [0.05, 0.1) is 5.69 Å². The molecular formula is C13H13FN2O. The average Bonchev–Trinajstić information content (AvgIpc) is 2.27. The first-order chi connectivity index (χ1) is 7.99. The molecule has 0 amide bonds. The van der Waals surface area contributed by atoms with Crippen molar-refractivity contribution in [2.75, 3.05) is 0 Å². The maximum Gasteiger partial charge on any atom is 0.254 e. The lowest BCUT2D eigenvalue weighted by molar-refractivity contribution is 0.619. The van der Waals surface area contributed by atoms with Gasteiger partial charge in [-0.15, -0.1) is 0 Å². The number of rotatable bonds is 1. The van der Waals surface area contributed by atoms with Crippen LogP contribution in [-0.2, 0) is 0 Å². The second-order valence-electron chi connectivity index (χ2n) is 4.09. The third kappa shape index (κ3) is 2.11. The highest BCUT2D eigenvalue weighted by molar-refractivity contribution is 5.62. The number of H-pyrrole nitrogens is 1. The lowest BCUT2D eigenvalue weighted by Gasteiger charge is -2.06. The second kappa shape index (κ2) is 4.13. The summed E-state index contributed by atoms with van der Waals surface area (Å²) < 4.78 is 13.5. The minimum Gasteiger partial charge on any atom is -0.311 e. The Morgan fingerprint density at radius 1 is 1.24 bits per heavy atom. The monoisotopic (exact) mass is 232 g/mol. The minimum absolute atomic E-state index is 0.187. The standard InChI is InChI=1S/C13H13FN2O/c1-7-4-5-10(6-11(7)14)12-8(2)13(17)16-9(3)15-12/h4-6H,1-3H3,(H,15,16,17). The maximum absolute atomic E-state index is 13.5. The number of hydrogen-bond donors (Lipinski definition) is 1. The molecule has 4 heteroatoms. The summed E-state index contributed by atoms with van der Waals surface area (Å²) in [5.41, 5.74) is 2.05. The molecule has 1 aromatic heterocycles. The van der Waals surface area contributed by atoms with Crippen molar-refractivity contribution < 1.29 is 4.39 Å². The smallest absolute Gasteiger partial charge is 0.254 e. The zero-order valence-electron chi connectivity index (χ0n) is 9.97. The summed E-state index contributed by atoms with van der Waals surface area (Å²) in [5.74, 6) is 0.234. The molecule has 1 N–H and O–H groups in total. The first-order valence-electron chi connectivity index (χ1n) is 5.33. The molecule has 0 aliphatic heterocycles. The van der Waals surface area contributed by atoms with Gasteiger partial charge in [0, 0.05) is 11.1 Å². The van der Waals surface area contributed by atoms with Gasteiger partial charge in [-0.25, -0.2) is 9.37 Å². The van der Waals surface area contributed by atoms with Crippen molar-refractivity contribution in [3.8, 4) is 11.3 Å². The fraction of sp³-hybridized carbons (Fsp3) is 0.231. The molecule has 0 aliphatic carbocycles. The van der Waals surface area contributed by atoms with E-state index in [4.69, 9.17) is 0 Å². The minimum atomic E-state index is -0.290. The summed E-state index contributed by atoms with van der Waals surface area (Å²) in [6.07, 6.45) is 0. The Kier molecular flexibility index (Phi) is 2.79. The van der Waals surface area contributed by atoms with Crippen LogP contribution in [0.1, 0.15) is 17.0 Å². The van der Waals surface area contributed by atoms with Crippen LogP contribution >= 0.6 is 0 Å². The molecule has 0 saturated carbocycles. The maximum atomic E-state index is 13.5. The second-order valence-corrected chi connectivity index (χ2v) is 4.09. The number of halogens is 1. The van der Waals surface area contributed by atoms with Crippen LogP contribution in [0.15, 0.2) is 23.0 Å². The Morgan fingerprint density at radius 3 is 2.59 bits per heavy atom. The van der Waals surface area contributed by atoms with Crippen molar-refractivity contribution in [1.82, 2.24) is 9.97 Å². The van der Waals surface area contributed by atoms with Crippen molar-refractivity contribution in [1.29, 1.82) is 0 Å². The van der Waals surface area contributed by atoms with Crippen LogP contribution in [0.2, 0.25) is 0 Å². The summed E-state index contributed by atoms with van der Waals surface area (Å²) in [6, 6.07) is 4.86. The van der Waals surface area contributed by atoms with Crippen LogP contribution in [0.4, 0.5) is 4.39 Å². The van der Waals surface area contributed by atoms with Crippen LogP contribution in [0.5, 0.6) is 0 Å². The van der Waals surface area contributed by atoms with Crippen LogP contribution < -0.4 is 5.56 Å². The normalized spacial score (nSPS) is 10.6. The van der Waals surface area contributed by atoms with Crippen LogP contribution in [0, 0.1) is 26.6 Å². The van der Waals surface area contributed by atoms with E-state index in [2.05, 4.69) is 9.97 Å². The van der Waals surface area contributed by atoms with Crippen molar-refractivity contribution in [2.24, 2.45) is 0 Å². The fourth-order valence-corrected chi connectivity index (χ4v) is 1.67. The molecule has 0 radical (unpaired) electrons. The number of nitrogens with one attached hydrogen (secondary N) is 1. The van der Waals surface area contributed by atoms with Gasteiger partial charge < -0.3 is 4.98 Å². The molecule has 0 fully saturated rings. The summed E-state index contributed by atoms with van der Waals surface area (Å²) in [6.45, 7) is 5.08. The molecule has 0 unspecified atom stereocenters. The van der Waals surface area contributed by atoms with E-state index in [9.17, 15) is 9.18 Å². The van der Waals surface area contributed by atoms with Gasteiger partial charge in [0.2, 0.25) is 0 Å². The topological polar surface area (TPSA) is 45.8 Å². The van der Waals surface area contributed by atoms with E-state index < -0.39 is 0 Å². The number of aromatic nitrogens is 2. The Bertz CT molecular complexity index is 632. The largest absolute Gasteiger partial charge is 0.311 e. The molecule has 2 rings (SSSR count). The molecular weight excluding hydrogens is 219 g/mol. The van der Waals surface area contributed by atoms with Gasteiger partial charge in [0.25, 0.3) is 5.56 Å².